The molecule has 0 aliphatic heterocycles. The molecule has 2 heterocycles. The molecule has 0 aliphatic carbocycles. The minimum atomic E-state index is -0.446. The van der Waals surface area contributed by atoms with Crippen molar-refractivity contribution >= 4 is 17.0 Å². The second-order valence-electron chi connectivity index (χ2n) is 4.98. The molecule has 108 valence electrons. The van der Waals surface area contributed by atoms with E-state index >= 15 is 0 Å². The molecule has 1 atom stereocenters. The number of aliphatic hydroxyl groups excluding tert-OH is 1. The molecule has 6 nitrogen and oxygen atoms in total. The third kappa shape index (κ3) is 3.00. The van der Waals surface area contributed by atoms with Gasteiger partial charge in [0.2, 0.25) is 0 Å². The van der Waals surface area contributed by atoms with Crippen LogP contribution in [0.1, 0.15) is 12.5 Å². The molecule has 2 N–H and O–H groups in total. The third-order valence-electron chi connectivity index (χ3n) is 3.16. The van der Waals surface area contributed by atoms with E-state index in [2.05, 4.69) is 32.4 Å². The Morgan fingerprint density at radius 3 is 2.76 bits per heavy atom. The van der Waals surface area contributed by atoms with Crippen molar-refractivity contribution in [3.05, 3.63) is 48.5 Å². The maximum Gasteiger partial charge on any atom is 0.165 e. The molecular weight excluding hydrogens is 266 g/mol. The molecule has 0 radical (unpaired) electrons. The predicted octanol–water partition coefficient (Wildman–Crippen LogP) is 1.82. The smallest absolute Gasteiger partial charge is 0.165 e. The molecule has 6 heteroatoms. The van der Waals surface area contributed by atoms with Gasteiger partial charge in [0.1, 0.15) is 11.8 Å². The topological polar surface area (TPSA) is 75.9 Å². The largest absolute Gasteiger partial charge is 0.392 e. The summed E-state index contributed by atoms with van der Waals surface area (Å²) >= 11 is 0. The van der Waals surface area contributed by atoms with Gasteiger partial charge in [0.25, 0.3) is 0 Å². The van der Waals surface area contributed by atoms with E-state index in [9.17, 15) is 5.11 Å². The molecule has 3 aromatic rings. The molecule has 2 aromatic heterocycles. The number of aliphatic hydroxyl groups is 1. The summed E-state index contributed by atoms with van der Waals surface area (Å²) in [6.07, 6.45) is 2.74. The zero-order valence-electron chi connectivity index (χ0n) is 11.8. The average Bonchev–Trinajstić information content (AvgIpc) is 2.89. The van der Waals surface area contributed by atoms with Crippen LogP contribution in [0, 0.1) is 0 Å². The number of anilines is 1. The van der Waals surface area contributed by atoms with Crippen LogP contribution in [0.4, 0.5) is 5.82 Å². The van der Waals surface area contributed by atoms with Gasteiger partial charge in [-0.2, -0.15) is 0 Å². The second-order valence-corrected chi connectivity index (χ2v) is 4.98. The average molecular weight is 283 g/mol. The van der Waals surface area contributed by atoms with E-state index in [1.165, 1.54) is 11.9 Å². The Bertz CT molecular complexity index is 723. The van der Waals surface area contributed by atoms with Gasteiger partial charge in [-0.05, 0) is 12.5 Å². The summed E-state index contributed by atoms with van der Waals surface area (Å²) in [4.78, 5) is 12.9. The standard InChI is InChI=1S/C15H17N5O/c1-11(21)8-20-10-19-13-14(17-9-18-15(13)20)16-7-12-5-3-2-4-6-12/h2-6,9-11,21H,7-8H2,1H3,(H,16,17,18). The zero-order valence-corrected chi connectivity index (χ0v) is 11.8. The van der Waals surface area contributed by atoms with Gasteiger partial charge < -0.3 is 15.0 Å². The number of aromatic nitrogens is 4. The van der Waals surface area contributed by atoms with Gasteiger partial charge in [-0.25, -0.2) is 15.0 Å². The van der Waals surface area contributed by atoms with Crippen LogP contribution in [0.25, 0.3) is 11.2 Å². The molecule has 0 fully saturated rings. The molecule has 1 unspecified atom stereocenters. The summed E-state index contributed by atoms with van der Waals surface area (Å²) in [5, 5.41) is 12.8. The van der Waals surface area contributed by atoms with E-state index in [1.807, 2.05) is 22.8 Å². The van der Waals surface area contributed by atoms with Crippen LogP contribution >= 0.6 is 0 Å². The maximum absolute atomic E-state index is 9.50. The molecule has 0 amide bonds. The summed E-state index contributed by atoms with van der Waals surface area (Å²) in [6, 6.07) is 10.1. The van der Waals surface area contributed by atoms with Crippen molar-refractivity contribution < 1.29 is 5.11 Å². The molecule has 3 rings (SSSR count). The number of fused-ring (bicyclic) bond motifs is 1. The number of nitrogens with one attached hydrogen (secondary N) is 1. The van der Waals surface area contributed by atoms with Gasteiger partial charge in [0, 0.05) is 6.54 Å². The molecule has 1 aromatic carbocycles. The van der Waals surface area contributed by atoms with Gasteiger partial charge in [0.15, 0.2) is 11.5 Å². The first-order valence-electron chi connectivity index (χ1n) is 6.86. The number of nitrogens with zero attached hydrogens (tertiary/aromatic N) is 4. The van der Waals surface area contributed by atoms with Gasteiger partial charge in [-0.1, -0.05) is 30.3 Å². The van der Waals surface area contributed by atoms with Crippen molar-refractivity contribution in [3.63, 3.8) is 0 Å². The summed E-state index contributed by atoms with van der Waals surface area (Å²) in [5.74, 6) is 0.702. The summed E-state index contributed by atoms with van der Waals surface area (Å²) in [7, 11) is 0. The first kappa shape index (κ1) is 13.5. The van der Waals surface area contributed by atoms with Crippen LogP contribution in [0.3, 0.4) is 0 Å². The number of rotatable bonds is 5. The Labute approximate surface area is 122 Å². The highest BCUT2D eigenvalue weighted by atomic mass is 16.3. The van der Waals surface area contributed by atoms with Crippen LogP contribution in [-0.2, 0) is 13.1 Å². The van der Waals surface area contributed by atoms with Crippen LogP contribution in [0.2, 0.25) is 0 Å². The second kappa shape index (κ2) is 5.88. The Morgan fingerprint density at radius 2 is 2.00 bits per heavy atom. The Morgan fingerprint density at radius 1 is 1.19 bits per heavy atom. The normalized spacial score (nSPS) is 12.5. The molecule has 0 aliphatic rings. The summed E-state index contributed by atoms with van der Waals surface area (Å²) in [5.41, 5.74) is 2.61. The van der Waals surface area contributed by atoms with E-state index in [1.54, 1.807) is 13.3 Å². The molecule has 0 saturated carbocycles. The van der Waals surface area contributed by atoms with Gasteiger partial charge in [-0.3, -0.25) is 0 Å². The van der Waals surface area contributed by atoms with Crippen molar-refractivity contribution in [2.75, 3.05) is 5.32 Å². The lowest BCUT2D eigenvalue weighted by Crippen LogP contribution is -2.11. The van der Waals surface area contributed by atoms with Gasteiger partial charge in [0.05, 0.1) is 19.0 Å². The first-order valence-corrected chi connectivity index (χ1v) is 6.86. The fourth-order valence-electron chi connectivity index (χ4n) is 2.21. The van der Waals surface area contributed by atoms with Crippen molar-refractivity contribution in [2.45, 2.75) is 26.1 Å². The molecule has 0 bridgehead atoms. The minimum absolute atomic E-state index is 0.446. The highest BCUT2D eigenvalue weighted by Gasteiger charge is 2.10. The van der Waals surface area contributed by atoms with E-state index in [-0.39, 0.29) is 0 Å². The lowest BCUT2D eigenvalue weighted by Gasteiger charge is -2.07. The summed E-state index contributed by atoms with van der Waals surface area (Å²) in [6.45, 7) is 2.88. The highest BCUT2D eigenvalue weighted by Crippen LogP contribution is 2.18. The SMILES string of the molecule is CC(O)Cn1cnc2c(NCc3ccccc3)ncnc21. The zero-order chi connectivity index (χ0) is 14.7. The molecule has 21 heavy (non-hydrogen) atoms. The quantitative estimate of drug-likeness (QED) is 0.747. The first-order chi connectivity index (χ1) is 10.2. The fourth-order valence-corrected chi connectivity index (χ4v) is 2.21. The lowest BCUT2D eigenvalue weighted by atomic mass is 10.2. The van der Waals surface area contributed by atoms with Crippen molar-refractivity contribution in [1.82, 2.24) is 19.5 Å². The van der Waals surface area contributed by atoms with Crippen LogP contribution in [0.5, 0.6) is 0 Å². The van der Waals surface area contributed by atoms with E-state index in [0.29, 0.717) is 24.4 Å². The van der Waals surface area contributed by atoms with Crippen molar-refractivity contribution in [2.24, 2.45) is 0 Å². The van der Waals surface area contributed by atoms with E-state index in [4.69, 9.17) is 0 Å². The number of imidazole rings is 1. The van der Waals surface area contributed by atoms with Crippen LogP contribution in [0.15, 0.2) is 43.0 Å². The van der Waals surface area contributed by atoms with Gasteiger partial charge in [-0.15, -0.1) is 0 Å². The number of benzene rings is 1. The van der Waals surface area contributed by atoms with E-state index in [0.717, 1.165) is 5.65 Å². The third-order valence-corrected chi connectivity index (χ3v) is 3.16. The van der Waals surface area contributed by atoms with Gasteiger partial charge >= 0.3 is 0 Å². The van der Waals surface area contributed by atoms with E-state index < -0.39 is 6.10 Å². The van der Waals surface area contributed by atoms with Crippen molar-refractivity contribution in [1.29, 1.82) is 0 Å². The monoisotopic (exact) mass is 283 g/mol. The molecule has 0 saturated heterocycles. The Kier molecular flexibility index (Phi) is 3.79. The van der Waals surface area contributed by atoms with Crippen LogP contribution < -0.4 is 5.32 Å². The molecule has 0 spiro atoms. The maximum atomic E-state index is 9.50. The fraction of sp³-hybridized carbons (Fsp3) is 0.267. The Hall–Kier alpha value is -2.47. The minimum Gasteiger partial charge on any atom is -0.392 e. The number of hydrogen-bond donors (Lipinski definition) is 2. The van der Waals surface area contributed by atoms with Crippen LogP contribution in [-0.4, -0.2) is 30.7 Å². The highest BCUT2D eigenvalue weighted by molar-refractivity contribution is 5.82. The predicted molar refractivity (Wildman–Crippen MR) is 80.8 cm³/mol. The number of hydrogen-bond acceptors (Lipinski definition) is 5. The molecular formula is C15H17N5O. The lowest BCUT2D eigenvalue weighted by molar-refractivity contribution is 0.175. The Balaban J connectivity index is 1.84. The summed E-state index contributed by atoms with van der Waals surface area (Å²) < 4.78 is 1.83. The van der Waals surface area contributed by atoms with Crippen molar-refractivity contribution in [3.8, 4) is 0 Å².